The second kappa shape index (κ2) is 9.36. The van der Waals surface area contributed by atoms with Crippen LogP contribution in [0.1, 0.15) is 11.1 Å². The Hall–Kier alpha value is -4.76. The third-order valence-corrected chi connectivity index (χ3v) is 6.74. The van der Waals surface area contributed by atoms with Crippen LogP contribution >= 0.6 is 11.3 Å². The molecule has 0 unspecified atom stereocenters. The van der Waals surface area contributed by atoms with Crippen molar-refractivity contribution in [2.75, 3.05) is 6.61 Å². The molecule has 6 rings (SSSR count). The van der Waals surface area contributed by atoms with Gasteiger partial charge in [0.25, 0.3) is 5.56 Å². The summed E-state index contributed by atoms with van der Waals surface area (Å²) in [5, 5.41) is 9.22. The minimum absolute atomic E-state index is 0.243. The van der Waals surface area contributed by atoms with Gasteiger partial charge < -0.3 is 9.15 Å². The number of benzene rings is 2. The first kappa shape index (κ1) is 22.7. The summed E-state index contributed by atoms with van der Waals surface area (Å²) in [4.78, 5) is 18.2. The lowest BCUT2D eigenvalue weighted by atomic mass is 10.0. The summed E-state index contributed by atoms with van der Waals surface area (Å²) in [6.45, 7) is 6.13. The van der Waals surface area contributed by atoms with E-state index < -0.39 is 0 Å². The number of thiazole rings is 1. The normalized spacial score (nSPS) is 11.9. The largest absolute Gasteiger partial charge is 0.489 e. The van der Waals surface area contributed by atoms with Gasteiger partial charge in [-0.05, 0) is 61.0 Å². The Balaban J connectivity index is 1.47. The molecule has 9 heteroatoms. The van der Waals surface area contributed by atoms with Crippen molar-refractivity contribution in [2.45, 2.75) is 6.92 Å². The molecule has 0 saturated heterocycles. The third kappa shape index (κ3) is 4.25. The van der Waals surface area contributed by atoms with Gasteiger partial charge in [0.05, 0.1) is 16.5 Å². The number of para-hydroxylation sites is 1. The number of fused-ring (bicyclic) bond motifs is 1. The van der Waals surface area contributed by atoms with Crippen molar-refractivity contribution in [2.24, 2.45) is 0 Å². The lowest BCUT2D eigenvalue weighted by Gasteiger charge is -2.08. The first-order valence-electron chi connectivity index (χ1n) is 11.6. The smallest absolute Gasteiger partial charge is 0.291 e. The van der Waals surface area contributed by atoms with Crippen molar-refractivity contribution >= 4 is 22.4 Å². The molecule has 37 heavy (non-hydrogen) atoms. The molecule has 6 aromatic rings. The standard InChI is InChI=1S/C28H21N5O3S/c1-3-13-35-22-12-11-19(15-18(22)2)25-20(17-32(30-25)21-8-5-4-6-9-21)16-24-27(34)33-28(37-24)29-26(31-33)23-10-7-14-36-23/h3-12,14-17H,1,13H2,2H3. The van der Waals surface area contributed by atoms with Crippen LogP contribution in [0.5, 0.6) is 5.75 Å². The molecule has 4 heterocycles. The average Bonchev–Trinajstić information content (AvgIpc) is 3.70. The maximum Gasteiger partial charge on any atom is 0.291 e. The monoisotopic (exact) mass is 507 g/mol. The van der Waals surface area contributed by atoms with Crippen LogP contribution < -0.4 is 14.8 Å². The molecule has 4 aromatic heterocycles. The Kier molecular flexibility index (Phi) is 5.74. The minimum atomic E-state index is -0.243. The predicted octanol–water partition coefficient (Wildman–Crippen LogP) is 4.68. The van der Waals surface area contributed by atoms with E-state index in [1.807, 2.05) is 72.4 Å². The Morgan fingerprint density at radius 3 is 2.70 bits per heavy atom. The first-order valence-corrected chi connectivity index (χ1v) is 12.4. The molecule has 2 aromatic carbocycles. The molecule has 182 valence electrons. The first-order chi connectivity index (χ1) is 18.1. The lowest BCUT2D eigenvalue weighted by Crippen LogP contribution is -2.23. The molecule has 0 atom stereocenters. The summed E-state index contributed by atoms with van der Waals surface area (Å²) in [6, 6.07) is 19.3. The van der Waals surface area contributed by atoms with Crippen molar-refractivity contribution in [3.63, 3.8) is 0 Å². The molecule has 0 radical (unpaired) electrons. The van der Waals surface area contributed by atoms with Crippen molar-refractivity contribution in [3.05, 3.63) is 112 Å². The van der Waals surface area contributed by atoms with Crippen LogP contribution in [-0.2, 0) is 0 Å². The van der Waals surface area contributed by atoms with Crippen LogP contribution in [0.4, 0.5) is 0 Å². The van der Waals surface area contributed by atoms with Gasteiger partial charge >= 0.3 is 0 Å². The zero-order valence-electron chi connectivity index (χ0n) is 19.9. The van der Waals surface area contributed by atoms with Gasteiger partial charge in [-0.2, -0.15) is 14.6 Å². The van der Waals surface area contributed by atoms with Crippen LogP contribution in [0.3, 0.4) is 0 Å². The third-order valence-electron chi connectivity index (χ3n) is 5.78. The summed E-state index contributed by atoms with van der Waals surface area (Å²) in [5.41, 5.74) is 4.12. The number of ether oxygens (including phenoxy) is 1. The van der Waals surface area contributed by atoms with E-state index in [2.05, 4.69) is 16.7 Å². The van der Waals surface area contributed by atoms with Crippen LogP contribution in [0.25, 0.3) is 39.6 Å². The highest BCUT2D eigenvalue weighted by molar-refractivity contribution is 7.15. The molecule has 0 saturated carbocycles. The van der Waals surface area contributed by atoms with Crippen molar-refractivity contribution in [1.29, 1.82) is 0 Å². The summed E-state index contributed by atoms with van der Waals surface area (Å²) >= 11 is 1.27. The Bertz CT molecular complexity index is 1830. The summed E-state index contributed by atoms with van der Waals surface area (Å²) in [6.07, 6.45) is 7.03. The maximum atomic E-state index is 13.2. The quantitative estimate of drug-likeness (QED) is 0.292. The highest BCUT2D eigenvalue weighted by Gasteiger charge is 2.16. The summed E-state index contributed by atoms with van der Waals surface area (Å²) < 4.78 is 14.7. The van der Waals surface area contributed by atoms with E-state index in [1.54, 1.807) is 24.5 Å². The Labute approximate surface area is 215 Å². The van der Waals surface area contributed by atoms with Gasteiger partial charge in [0.15, 0.2) is 5.76 Å². The van der Waals surface area contributed by atoms with Crippen LogP contribution in [0, 0.1) is 6.92 Å². The van der Waals surface area contributed by atoms with Gasteiger partial charge in [-0.3, -0.25) is 4.79 Å². The Morgan fingerprint density at radius 1 is 1.11 bits per heavy atom. The van der Waals surface area contributed by atoms with Gasteiger partial charge in [0.1, 0.15) is 18.1 Å². The van der Waals surface area contributed by atoms with Crippen LogP contribution in [-0.4, -0.2) is 31.0 Å². The van der Waals surface area contributed by atoms with Gasteiger partial charge in [-0.15, -0.1) is 5.10 Å². The number of hydrogen-bond acceptors (Lipinski definition) is 7. The fourth-order valence-electron chi connectivity index (χ4n) is 4.02. The Morgan fingerprint density at radius 2 is 1.97 bits per heavy atom. The number of nitrogens with zero attached hydrogens (tertiary/aromatic N) is 5. The number of rotatable bonds is 7. The molecule has 0 N–H and O–H groups in total. The molecule has 0 aliphatic carbocycles. The van der Waals surface area contributed by atoms with E-state index in [0.29, 0.717) is 27.7 Å². The zero-order chi connectivity index (χ0) is 25.4. The van der Waals surface area contributed by atoms with E-state index in [1.165, 1.54) is 15.9 Å². The molecular weight excluding hydrogens is 486 g/mol. The number of aryl methyl sites for hydroxylation is 1. The van der Waals surface area contributed by atoms with Crippen LogP contribution in [0.2, 0.25) is 0 Å². The summed E-state index contributed by atoms with van der Waals surface area (Å²) in [7, 11) is 0. The van der Waals surface area contributed by atoms with E-state index in [9.17, 15) is 4.79 Å². The molecule has 0 bridgehead atoms. The molecule has 0 aliphatic rings. The van der Waals surface area contributed by atoms with Gasteiger partial charge in [-0.1, -0.05) is 42.2 Å². The SMILES string of the molecule is C=CCOc1ccc(-c2nn(-c3ccccc3)cc2C=c2sc3nc(-c4ccco4)nn3c2=O)cc1C. The van der Waals surface area contributed by atoms with Crippen LogP contribution in [0.15, 0.2) is 95.0 Å². The van der Waals surface area contributed by atoms with Crippen molar-refractivity contribution in [3.8, 4) is 34.3 Å². The molecule has 0 spiro atoms. The fraction of sp³-hybridized carbons (Fsp3) is 0.0714. The predicted molar refractivity (Wildman–Crippen MR) is 143 cm³/mol. The second-order valence-corrected chi connectivity index (χ2v) is 9.33. The average molecular weight is 508 g/mol. The molecule has 8 nitrogen and oxygen atoms in total. The summed E-state index contributed by atoms with van der Waals surface area (Å²) in [5.74, 6) is 1.69. The molecule has 0 amide bonds. The van der Waals surface area contributed by atoms with E-state index in [-0.39, 0.29) is 5.56 Å². The number of furan rings is 1. The van der Waals surface area contributed by atoms with E-state index in [4.69, 9.17) is 14.3 Å². The second-order valence-electron chi connectivity index (χ2n) is 8.32. The lowest BCUT2D eigenvalue weighted by molar-refractivity contribution is 0.361. The fourth-order valence-corrected chi connectivity index (χ4v) is 4.92. The zero-order valence-corrected chi connectivity index (χ0v) is 20.7. The van der Waals surface area contributed by atoms with E-state index >= 15 is 0 Å². The van der Waals surface area contributed by atoms with Crippen molar-refractivity contribution < 1.29 is 9.15 Å². The van der Waals surface area contributed by atoms with Crippen molar-refractivity contribution in [1.82, 2.24) is 24.4 Å². The number of aromatic nitrogens is 5. The highest BCUT2D eigenvalue weighted by Crippen LogP contribution is 2.29. The van der Waals surface area contributed by atoms with Gasteiger partial charge in [0.2, 0.25) is 10.8 Å². The highest BCUT2D eigenvalue weighted by atomic mass is 32.1. The molecule has 0 fully saturated rings. The molecular formula is C28H21N5O3S. The maximum absolute atomic E-state index is 13.2. The van der Waals surface area contributed by atoms with E-state index in [0.717, 1.165) is 33.8 Å². The number of hydrogen-bond donors (Lipinski definition) is 0. The molecule has 0 aliphatic heterocycles. The topological polar surface area (TPSA) is 87.4 Å². The minimum Gasteiger partial charge on any atom is -0.489 e. The van der Waals surface area contributed by atoms with Gasteiger partial charge in [0, 0.05) is 17.3 Å². The van der Waals surface area contributed by atoms with Gasteiger partial charge in [-0.25, -0.2) is 4.68 Å².